The third kappa shape index (κ3) is 3.26. The molecule has 0 aliphatic carbocycles. The van der Waals surface area contributed by atoms with Crippen LogP contribution in [0.4, 0.5) is 0 Å². The van der Waals surface area contributed by atoms with Crippen LogP contribution in [0.2, 0.25) is 0 Å². The molecule has 0 unspecified atom stereocenters. The van der Waals surface area contributed by atoms with E-state index < -0.39 is 0 Å². The molecule has 23 heavy (non-hydrogen) atoms. The number of rotatable bonds is 6. The number of hydrogen-bond acceptors (Lipinski definition) is 3. The van der Waals surface area contributed by atoms with Crippen LogP contribution in [0.25, 0.3) is 10.9 Å². The highest BCUT2D eigenvalue weighted by Crippen LogP contribution is 2.31. The highest BCUT2D eigenvalue weighted by atomic mass is 16.5. The third-order valence-electron chi connectivity index (χ3n) is 3.90. The van der Waals surface area contributed by atoms with Crippen LogP contribution in [0, 0.1) is 6.92 Å². The molecule has 4 heteroatoms. The monoisotopic (exact) mass is 311 g/mol. The first-order valence-electron chi connectivity index (χ1n) is 7.61. The first-order chi connectivity index (χ1) is 11.2. The van der Waals surface area contributed by atoms with Gasteiger partial charge in [-0.3, -0.25) is 0 Å². The Balaban J connectivity index is 1.76. The summed E-state index contributed by atoms with van der Waals surface area (Å²) in [5.41, 5.74) is 2.31. The predicted molar refractivity (Wildman–Crippen MR) is 91.7 cm³/mol. The average molecular weight is 311 g/mol. The van der Waals surface area contributed by atoms with Gasteiger partial charge in [0.15, 0.2) is 0 Å². The zero-order valence-corrected chi connectivity index (χ0v) is 13.7. The van der Waals surface area contributed by atoms with E-state index in [1.54, 1.807) is 14.2 Å². The molecule has 0 saturated heterocycles. The van der Waals surface area contributed by atoms with Crippen LogP contribution >= 0.6 is 0 Å². The van der Waals surface area contributed by atoms with Gasteiger partial charge < -0.3 is 18.8 Å². The molecule has 1 aromatic heterocycles. The van der Waals surface area contributed by atoms with Crippen molar-refractivity contribution in [3.8, 4) is 17.2 Å². The summed E-state index contributed by atoms with van der Waals surface area (Å²) < 4.78 is 18.8. The standard InChI is InChI=1S/C19H21NO3/c1-14-4-6-15(7-5-14)23-11-10-20-9-8-17-18(20)12-16(21-2)13-19(17)22-3/h4-9,12-13H,10-11H2,1-3H3. The van der Waals surface area contributed by atoms with Gasteiger partial charge in [0.05, 0.1) is 26.3 Å². The predicted octanol–water partition coefficient (Wildman–Crippen LogP) is 4.05. The van der Waals surface area contributed by atoms with Gasteiger partial charge in [-0.05, 0) is 25.1 Å². The minimum Gasteiger partial charge on any atom is -0.497 e. The lowest BCUT2D eigenvalue weighted by Crippen LogP contribution is -2.07. The number of ether oxygens (including phenoxy) is 3. The normalized spacial score (nSPS) is 10.7. The molecule has 0 radical (unpaired) electrons. The van der Waals surface area contributed by atoms with E-state index in [4.69, 9.17) is 14.2 Å². The van der Waals surface area contributed by atoms with E-state index in [0.29, 0.717) is 6.61 Å². The van der Waals surface area contributed by atoms with E-state index in [2.05, 4.69) is 29.7 Å². The van der Waals surface area contributed by atoms with Crippen molar-refractivity contribution in [1.82, 2.24) is 4.57 Å². The SMILES string of the molecule is COc1cc(OC)c2ccn(CCOc3ccc(C)cc3)c2c1. The second kappa shape index (κ2) is 6.65. The van der Waals surface area contributed by atoms with E-state index in [1.807, 2.05) is 30.5 Å². The van der Waals surface area contributed by atoms with Gasteiger partial charge in [-0.25, -0.2) is 0 Å². The zero-order chi connectivity index (χ0) is 16.2. The Labute approximate surface area is 136 Å². The lowest BCUT2D eigenvalue weighted by molar-refractivity contribution is 0.300. The van der Waals surface area contributed by atoms with Gasteiger partial charge in [-0.15, -0.1) is 0 Å². The van der Waals surface area contributed by atoms with Gasteiger partial charge in [0.25, 0.3) is 0 Å². The molecule has 0 fully saturated rings. The van der Waals surface area contributed by atoms with E-state index in [0.717, 1.165) is 34.7 Å². The molecule has 0 aliphatic rings. The summed E-state index contributed by atoms with van der Waals surface area (Å²) in [5.74, 6) is 2.49. The lowest BCUT2D eigenvalue weighted by atomic mass is 10.2. The minimum absolute atomic E-state index is 0.604. The molecule has 4 nitrogen and oxygen atoms in total. The maximum atomic E-state index is 5.81. The molecular formula is C19H21NO3. The molecule has 3 rings (SSSR count). The number of aromatic nitrogens is 1. The van der Waals surface area contributed by atoms with E-state index in [1.165, 1.54) is 5.56 Å². The molecule has 0 amide bonds. The number of methoxy groups -OCH3 is 2. The average Bonchev–Trinajstić information content (AvgIpc) is 2.99. The second-order valence-electron chi connectivity index (χ2n) is 5.43. The summed E-state index contributed by atoms with van der Waals surface area (Å²) in [7, 11) is 3.33. The Kier molecular flexibility index (Phi) is 4.42. The molecule has 120 valence electrons. The van der Waals surface area contributed by atoms with E-state index >= 15 is 0 Å². The van der Waals surface area contributed by atoms with Crippen LogP contribution in [-0.4, -0.2) is 25.4 Å². The Morgan fingerprint density at radius 2 is 1.70 bits per heavy atom. The van der Waals surface area contributed by atoms with Crippen LogP contribution in [-0.2, 0) is 6.54 Å². The van der Waals surface area contributed by atoms with Gasteiger partial charge in [-0.2, -0.15) is 0 Å². The molecular weight excluding hydrogens is 290 g/mol. The molecule has 0 saturated carbocycles. The van der Waals surface area contributed by atoms with Crippen molar-refractivity contribution in [3.05, 3.63) is 54.2 Å². The topological polar surface area (TPSA) is 32.6 Å². The highest BCUT2D eigenvalue weighted by Gasteiger charge is 2.09. The molecule has 0 atom stereocenters. The number of aryl methyl sites for hydroxylation is 1. The molecule has 3 aromatic rings. The third-order valence-corrected chi connectivity index (χ3v) is 3.90. The molecule has 0 aliphatic heterocycles. The number of nitrogens with zero attached hydrogens (tertiary/aromatic N) is 1. The summed E-state index contributed by atoms with van der Waals surface area (Å²) in [4.78, 5) is 0. The summed E-state index contributed by atoms with van der Waals surface area (Å²) in [6.07, 6.45) is 2.05. The maximum Gasteiger partial charge on any atom is 0.131 e. The highest BCUT2D eigenvalue weighted by molar-refractivity contribution is 5.88. The fourth-order valence-corrected chi connectivity index (χ4v) is 2.62. The van der Waals surface area contributed by atoms with Crippen LogP contribution in [0.15, 0.2) is 48.7 Å². The number of hydrogen-bond donors (Lipinski definition) is 0. The van der Waals surface area contributed by atoms with Crippen molar-refractivity contribution >= 4 is 10.9 Å². The summed E-state index contributed by atoms with van der Waals surface area (Å²) >= 11 is 0. The molecule has 2 aromatic carbocycles. The van der Waals surface area contributed by atoms with Crippen molar-refractivity contribution in [2.45, 2.75) is 13.5 Å². The molecule has 0 N–H and O–H groups in total. The Bertz CT molecular complexity index is 790. The summed E-state index contributed by atoms with van der Waals surface area (Å²) in [6.45, 7) is 3.43. The molecule has 1 heterocycles. The summed E-state index contributed by atoms with van der Waals surface area (Å²) in [5, 5.41) is 1.07. The van der Waals surface area contributed by atoms with Crippen molar-refractivity contribution in [3.63, 3.8) is 0 Å². The summed E-state index contributed by atoms with van der Waals surface area (Å²) in [6, 6.07) is 14.1. The van der Waals surface area contributed by atoms with Gasteiger partial charge >= 0.3 is 0 Å². The van der Waals surface area contributed by atoms with Gasteiger partial charge in [0, 0.05) is 23.7 Å². The fraction of sp³-hybridized carbons (Fsp3) is 0.263. The van der Waals surface area contributed by atoms with Crippen molar-refractivity contribution < 1.29 is 14.2 Å². The Morgan fingerprint density at radius 1 is 0.913 bits per heavy atom. The van der Waals surface area contributed by atoms with Crippen molar-refractivity contribution in [2.75, 3.05) is 20.8 Å². The van der Waals surface area contributed by atoms with E-state index in [-0.39, 0.29) is 0 Å². The minimum atomic E-state index is 0.604. The molecule has 0 spiro atoms. The van der Waals surface area contributed by atoms with Gasteiger partial charge in [-0.1, -0.05) is 17.7 Å². The fourth-order valence-electron chi connectivity index (χ4n) is 2.62. The van der Waals surface area contributed by atoms with Crippen LogP contribution < -0.4 is 14.2 Å². The first-order valence-corrected chi connectivity index (χ1v) is 7.61. The zero-order valence-electron chi connectivity index (χ0n) is 13.7. The van der Waals surface area contributed by atoms with Crippen molar-refractivity contribution in [1.29, 1.82) is 0 Å². The Morgan fingerprint density at radius 3 is 2.39 bits per heavy atom. The largest absolute Gasteiger partial charge is 0.497 e. The van der Waals surface area contributed by atoms with Crippen LogP contribution in [0.1, 0.15) is 5.56 Å². The molecule has 0 bridgehead atoms. The van der Waals surface area contributed by atoms with Crippen molar-refractivity contribution in [2.24, 2.45) is 0 Å². The van der Waals surface area contributed by atoms with Gasteiger partial charge in [0.2, 0.25) is 0 Å². The first kappa shape index (κ1) is 15.3. The van der Waals surface area contributed by atoms with Crippen LogP contribution in [0.5, 0.6) is 17.2 Å². The number of benzene rings is 2. The van der Waals surface area contributed by atoms with Crippen LogP contribution in [0.3, 0.4) is 0 Å². The smallest absolute Gasteiger partial charge is 0.131 e. The number of fused-ring (bicyclic) bond motifs is 1. The lowest BCUT2D eigenvalue weighted by Gasteiger charge is -2.10. The maximum absolute atomic E-state index is 5.81. The quantitative estimate of drug-likeness (QED) is 0.688. The van der Waals surface area contributed by atoms with E-state index in [9.17, 15) is 0 Å². The second-order valence-corrected chi connectivity index (χ2v) is 5.43. The Hall–Kier alpha value is -2.62. The van der Waals surface area contributed by atoms with Gasteiger partial charge in [0.1, 0.15) is 23.9 Å².